The maximum atomic E-state index is 13.2. The fourth-order valence-corrected chi connectivity index (χ4v) is 2.67. The van der Waals surface area contributed by atoms with Gasteiger partial charge in [0.25, 0.3) is 5.91 Å². The lowest BCUT2D eigenvalue weighted by Gasteiger charge is -2.25. The summed E-state index contributed by atoms with van der Waals surface area (Å²) in [5.41, 5.74) is 5.21. The zero-order valence-corrected chi connectivity index (χ0v) is 14.5. The fraction of sp³-hybridized carbons (Fsp3) is 0.176. The maximum absolute atomic E-state index is 13.2. The smallest absolute Gasteiger partial charge is 0.283 e. The monoisotopic (exact) mass is 408 g/mol. The second kappa shape index (κ2) is 7.52. The molecule has 2 aromatic carbocycles. The minimum absolute atomic E-state index is 0.00990. The van der Waals surface area contributed by atoms with Crippen LogP contribution in [-0.4, -0.2) is 24.5 Å². The van der Waals surface area contributed by atoms with Crippen LogP contribution in [0, 0.1) is 5.82 Å². The van der Waals surface area contributed by atoms with Gasteiger partial charge in [-0.2, -0.15) is 0 Å². The predicted molar refractivity (Wildman–Crippen MR) is 90.4 cm³/mol. The first-order valence-electron chi connectivity index (χ1n) is 7.44. The first-order chi connectivity index (χ1) is 12.0. The third-order valence-corrected chi connectivity index (χ3v) is 4.08. The predicted octanol–water partition coefficient (Wildman–Crippen LogP) is 2.12. The molecule has 0 spiro atoms. The van der Waals surface area contributed by atoms with Crippen LogP contribution in [0.4, 0.5) is 4.39 Å². The van der Waals surface area contributed by atoms with E-state index in [1.807, 2.05) is 0 Å². The number of hydrogen-bond donors (Lipinski definition) is 2. The Morgan fingerprint density at radius 1 is 1.16 bits per heavy atom. The molecule has 1 aliphatic heterocycles. The SMILES string of the molecule is O=C(Cc1ccc(F)c(Br)c1)NNC(=O)C1COc2ccccc2O1. The van der Waals surface area contributed by atoms with Crippen molar-refractivity contribution in [2.75, 3.05) is 6.61 Å². The number of hydrogen-bond acceptors (Lipinski definition) is 4. The van der Waals surface area contributed by atoms with Crippen LogP contribution in [0.3, 0.4) is 0 Å². The number of ether oxygens (including phenoxy) is 2. The molecule has 3 rings (SSSR count). The molecular weight excluding hydrogens is 395 g/mol. The number of carbonyl (C=O) groups is 2. The quantitative estimate of drug-likeness (QED) is 0.762. The zero-order chi connectivity index (χ0) is 17.8. The van der Waals surface area contributed by atoms with Gasteiger partial charge in [0.1, 0.15) is 12.4 Å². The lowest BCUT2D eigenvalue weighted by Crippen LogP contribution is -2.51. The van der Waals surface area contributed by atoms with Crippen molar-refractivity contribution in [2.24, 2.45) is 0 Å². The summed E-state index contributed by atoms with van der Waals surface area (Å²) in [6.07, 6.45) is -0.875. The molecule has 0 aromatic heterocycles. The van der Waals surface area contributed by atoms with Gasteiger partial charge in [-0.1, -0.05) is 18.2 Å². The van der Waals surface area contributed by atoms with E-state index in [2.05, 4.69) is 26.8 Å². The molecule has 2 N–H and O–H groups in total. The molecule has 0 bridgehead atoms. The van der Waals surface area contributed by atoms with Gasteiger partial charge in [-0.15, -0.1) is 0 Å². The Kier molecular flexibility index (Phi) is 5.18. The molecule has 6 nitrogen and oxygen atoms in total. The van der Waals surface area contributed by atoms with E-state index in [-0.39, 0.29) is 17.5 Å². The van der Waals surface area contributed by atoms with Crippen molar-refractivity contribution in [3.05, 3.63) is 58.3 Å². The van der Waals surface area contributed by atoms with Crippen LogP contribution in [-0.2, 0) is 16.0 Å². The second-order valence-corrected chi connectivity index (χ2v) is 6.18. The number of fused-ring (bicyclic) bond motifs is 1. The molecule has 8 heteroatoms. The molecule has 0 radical (unpaired) electrons. The molecule has 1 atom stereocenters. The van der Waals surface area contributed by atoms with E-state index in [1.54, 1.807) is 24.3 Å². The van der Waals surface area contributed by atoms with Crippen molar-refractivity contribution < 1.29 is 23.5 Å². The summed E-state index contributed by atoms with van der Waals surface area (Å²) >= 11 is 3.06. The molecule has 2 aromatic rings. The highest BCUT2D eigenvalue weighted by molar-refractivity contribution is 9.10. The summed E-state index contributed by atoms with van der Waals surface area (Å²) in [5, 5.41) is 0. The molecule has 130 valence electrons. The Hall–Kier alpha value is -2.61. The average molecular weight is 409 g/mol. The van der Waals surface area contributed by atoms with Crippen LogP contribution in [0.5, 0.6) is 11.5 Å². The summed E-state index contributed by atoms with van der Waals surface area (Å²) in [6, 6.07) is 11.3. The summed E-state index contributed by atoms with van der Waals surface area (Å²) in [7, 11) is 0. The van der Waals surface area contributed by atoms with E-state index in [0.717, 1.165) is 0 Å². The topological polar surface area (TPSA) is 76.7 Å². The first-order valence-corrected chi connectivity index (χ1v) is 8.23. The Morgan fingerprint density at radius 2 is 1.92 bits per heavy atom. The number of nitrogens with one attached hydrogen (secondary N) is 2. The van der Waals surface area contributed by atoms with Gasteiger partial charge in [0.2, 0.25) is 12.0 Å². The second-order valence-electron chi connectivity index (χ2n) is 5.33. The third kappa shape index (κ3) is 4.27. The van der Waals surface area contributed by atoms with E-state index in [0.29, 0.717) is 17.1 Å². The number of hydrazine groups is 1. The Morgan fingerprint density at radius 3 is 2.68 bits per heavy atom. The van der Waals surface area contributed by atoms with E-state index >= 15 is 0 Å². The average Bonchev–Trinajstić information content (AvgIpc) is 2.62. The number of carbonyl (C=O) groups excluding carboxylic acids is 2. The summed E-state index contributed by atoms with van der Waals surface area (Å²) < 4.78 is 24.4. The van der Waals surface area contributed by atoms with Crippen LogP contribution < -0.4 is 20.3 Å². The lowest BCUT2D eigenvalue weighted by atomic mass is 10.1. The van der Waals surface area contributed by atoms with Crippen molar-refractivity contribution >= 4 is 27.7 Å². The van der Waals surface area contributed by atoms with E-state index < -0.39 is 23.7 Å². The van der Waals surface area contributed by atoms with Crippen LogP contribution >= 0.6 is 15.9 Å². The summed E-state index contributed by atoms with van der Waals surface area (Å²) in [5.74, 6) is -0.340. The van der Waals surface area contributed by atoms with Gasteiger partial charge in [0, 0.05) is 0 Å². The van der Waals surface area contributed by atoms with Crippen molar-refractivity contribution in [2.45, 2.75) is 12.5 Å². The molecule has 1 heterocycles. The van der Waals surface area contributed by atoms with Crippen molar-refractivity contribution in [1.29, 1.82) is 0 Å². The van der Waals surface area contributed by atoms with Gasteiger partial charge in [-0.25, -0.2) is 4.39 Å². The highest BCUT2D eigenvalue weighted by Gasteiger charge is 2.27. The van der Waals surface area contributed by atoms with Crippen LogP contribution in [0.15, 0.2) is 46.9 Å². The number of halogens is 2. The molecular formula is C17H14BrFN2O4. The van der Waals surface area contributed by atoms with Crippen LogP contribution in [0.2, 0.25) is 0 Å². The normalized spacial score (nSPS) is 15.4. The van der Waals surface area contributed by atoms with Crippen molar-refractivity contribution in [3.8, 4) is 11.5 Å². The molecule has 2 amide bonds. The largest absolute Gasteiger partial charge is 0.485 e. The van der Waals surface area contributed by atoms with Gasteiger partial charge in [0.05, 0.1) is 10.9 Å². The highest BCUT2D eigenvalue weighted by Crippen LogP contribution is 2.30. The summed E-state index contributed by atoms with van der Waals surface area (Å²) in [6.45, 7) is 0.0453. The first kappa shape index (κ1) is 17.2. The van der Waals surface area contributed by atoms with Gasteiger partial charge < -0.3 is 9.47 Å². The lowest BCUT2D eigenvalue weighted by molar-refractivity contribution is -0.134. The standard InChI is InChI=1S/C17H14BrFN2O4/c18-11-7-10(5-6-12(11)19)8-16(22)20-21-17(23)15-9-24-13-3-1-2-4-14(13)25-15/h1-7,15H,8-9H2,(H,20,22)(H,21,23). The molecule has 25 heavy (non-hydrogen) atoms. The number of benzene rings is 2. The van der Waals surface area contributed by atoms with Gasteiger partial charge >= 0.3 is 0 Å². The zero-order valence-electron chi connectivity index (χ0n) is 12.9. The molecule has 0 fully saturated rings. The molecule has 1 aliphatic rings. The van der Waals surface area contributed by atoms with E-state index in [1.165, 1.54) is 18.2 Å². The molecule has 0 saturated heterocycles. The fourth-order valence-electron chi connectivity index (χ4n) is 2.24. The number of para-hydroxylation sites is 2. The van der Waals surface area contributed by atoms with Gasteiger partial charge in [-0.3, -0.25) is 20.4 Å². The number of rotatable bonds is 3. The molecule has 0 saturated carbocycles. The minimum Gasteiger partial charge on any atom is -0.485 e. The van der Waals surface area contributed by atoms with E-state index in [4.69, 9.17) is 9.47 Å². The van der Waals surface area contributed by atoms with Crippen molar-refractivity contribution in [1.82, 2.24) is 10.9 Å². The van der Waals surface area contributed by atoms with Crippen molar-refractivity contribution in [3.63, 3.8) is 0 Å². The Bertz CT molecular complexity index is 815. The minimum atomic E-state index is -0.866. The highest BCUT2D eigenvalue weighted by atomic mass is 79.9. The van der Waals surface area contributed by atoms with Gasteiger partial charge in [0.15, 0.2) is 11.5 Å². The molecule has 1 unspecified atom stereocenters. The third-order valence-electron chi connectivity index (χ3n) is 3.47. The number of amides is 2. The Labute approximate surface area is 151 Å². The molecule has 0 aliphatic carbocycles. The van der Waals surface area contributed by atoms with Crippen LogP contribution in [0.1, 0.15) is 5.56 Å². The maximum Gasteiger partial charge on any atom is 0.283 e. The Balaban J connectivity index is 1.50. The van der Waals surface area contributed by atoms with Gasteiger partial charge in [-0.05, 0) is 45.8 Å². The van der Waals surface area contributed by atoms with E-state index in [9.17, 15) is 14.0 Å². The summed E-state index contributed by atoms with van der Waals surface area (Å²) in [4.78, 5) is 24.0. The van der Waals surface area contributed by atoms with Crippen LogP contribution in [0.25, 0.3) is 0 Å².